The molecule has 0 aliphatic rings. The lowest BCUT2D eigenvalue weighted by molar-refractivity contribution is 0.356. The van der Waals surface area contributed by atoms with E-state index in [2.05, 4.69) is 12.9 Å². The van der Waals surface area contributed by atoms with E-state index in [0.717, 1.165) is 0 Å². The molecule has 8 heteroatoms. The van der Waals surface area contributed by atoms with Crippen molar-refractivity contribution in [2.45, 2.75) is 19.6 Å². The zero-order valence-electron chi connectivity index (χ0n) is 6.85. The highest BCUT2D eigenvalue weighted by Crippen LogP contribution is 1.97. The minimum Gasteiger partial charge on any atom is -0.420 e. The van der Waals surface area contributed by atoms with E-state index < -0.39 is 27.9 Å². The summed E-state index contributed by atoms with van der Waals surface area (Å²) in [4.78, 5) is 8.94. The predicted octanol–water partition coefficient (Wildman–Crippen LogP) is -0.576. The van der Waals surface area contributed by atoms with Crippen LogP contribution < -0.4 is 0 Å². The van der Waals surface area contributed by atoms with Crippen molar-refractivity contribution in [2.24, 2.45) is 0 Å². The Morgan fingerprint density at radius 3 is 2.00 bits per heavy atom. The molecule has 11 heavy (non-hydrogen) atoms. The predicted molar refractivity (Wildman–Crippen MR) is 53.5 cm³/mol. The Balaban J connectivity index is 3.43. The van der Waals surface area contributed by atoms with E-state index >= 15 is 0 Å². The molecule has 1 N–H and O–H groups in total. The van der Waals surface area contributed by atoms with Crippen LogP contribution in [-0.4, -0.2) is 32.6 Å². The molecule has 0 bridgehead atoms. The van der Waals surface area contributed by atoms with Gasteiger partial charge in [0, 0.05) is 0 Å². The standard InChI is InChI=1S/C3H14O4SSi3/c1-9(4)6-11(3)7-10(2)5-8/h4,8-11H,1-3H3. The van der Waals surface area contributed by atoms with Crippen LogP contribution in [0.25, 0.3) is 0 Å². The first-order valence-electron chi connectivity index (χ1n) is 3.35. The van der Waals surface area contributed by atoms with Crippen molar-refractivity contribution in [3.63, 3.8) is 0 Å². The third-order valence-corrected chi connectivity index (χ3v) is 8.28. The summed E-state index contributed by atoms with van der Waals surface area (Å²) in [6, 6.07) is 0. The van der Waals surface area contributed by atoms with Gasteiger partial charge in [-0.05, 0) is 32.6 Å². The maximum absolute atomic E-state index is 8.94. The maximum Gasteiger partial charge on any atom is 0.322 e. The van der Waals surface area contributed by atoms with Gasteiger partial charge in [-0.25, -0.2) is 0 Å². The molecule has 3 atom stereocenters. The van der Waals surface area contributed by atoms with Gasteiger partial charge in [0.15, 0.2) is 0 Å². The van der Waals surface area contributed by atoms with Gasteiger partial charge in [0.25, 0.3) is 9.28 Å². The molecule has 0 amide bonds. The summed E-state index contributed by atoms with van der Waals surface area (Å²) < 4.78 is 15.2. The van der Waals surface area contributed by atoms with Crippen LogP contribution in [-0.2, 0) is 12.1 Å². The van der Waals surface area contributed by atoms with Crippen LogP contribution in [0, 0.1) is 0 Å². The second-order valence-corrected chi connectivity index (χ2v) is 8.60. The number of rotatable bonds is 5. The van der Waals surface area contributed by atoms with Gasteiger partial charge in [-0.3, -0.25) is 0 Å². The zero-order valence-corrected chi connectivity index (χ0v) is 11.2. The lowest BCUT2D eigenvalue weighted by Gasteiger charge is -2.16. The molecule has 0 aliphatic carbocycles. The summed E-state index contributed by atoms with van der Waals surface area (Å²) in [6.07, 6.45) is 0. The van der Waals surface area contributed by atoms with Crippen LogP contribution in [0.2, 0.25) is 19.6 Å². The highest BCUT2D eigenvalue weighted by Gasteiger charge is 2.14. The zero-order chi connectivity index (χ0) is 8.85. The molecule has 0 rings (SSSR count). The van der Waals surface area contributed by atoms with Crippen molar-refractivity contribution in [2.75, 3.05) is 0 Å². The van der Waals surface area contributed by atoms with Crippen molar-refractivity contribution in [3.8, 4) is 0 Å². The van der Waals surface area contributed by atoms with Gasteiger partial charge in [0.2, 0.25) is 0 Å². The fraction of sp³-hybridized carbons (Fsp3) is 1.00. The molecule has 0 radical (unpaired) electrons. The SMILES string of the molecule is C[SiH](O)O[SiH](C)O[SiH](C)OS. The van der Waals surface area contributed by atoms with Crippen LogP contribution in [0.15, 0.2) is 0 Å². The lowest BCUT2D eigenvalue weighted by Crippen LogP contribution is -2.32. The maximum atomic E-state index is 8.94. The summed E-state index contributed by atoms with van der Waals surface area (Å²) in [5, 5.41) is 0. The van der Waals surface area contributed by atoms with Gasteiger partial charge in [-0.15, -0.1) is 0 Å². The first-order valence-corrected chi connectivity index (χ1v) is 10.1. The molecule has 68 valence electrons. The van der Waals surface area contributed by atoms with E-state index in [9.17, 15) is 0 Å². The summed E-state index contributed by atoms with van der Waals surface area (Å²) in [6.45, 7) is 5.43. The third-order valence-electron chi connectivity index (χ3n) is 0.920. The minimum absolute atomic E-state index is 1.59. The average Bonchev–Trinajstić information content (AvgIpc) is 1.85. The van der Waals surface area contributed by atoms with Crippen LogP contribution in [0.5, 0.6) is 0 Å². The molecule has 0 saturated heterocycles. The fourth-order valence-electron chi connectivity index (χ4n) is 0.604. The smallest absolute Gasteiger partial charge is 0.322 e. The molecule has 0 aliphatic heterocycles. The first kappa shape index (κ1) is 11.8. The monoisotopic (exact) mass is 230 g/mol. The average molecular weight is 230 g/mol. The second-order valence-electron chi connectivity index (χ2n) is 2.11. The Bertz CT molecular complexity index is 105. The number of thiol groups is 1. The van der Waals surface area contributed by atoms with E-state index in [1.54, 1.807) is 6.55 Å². The number of hydrogen-bond donors (Lipinski definition) is 2. The van der Waals surface area contributed by atoms with Crippen LogP contribution in [0.1, 0.15) is 0 Å². The Labute approximate surface area is 77.6 Å². The third kappa shape index (κ3) is 7.21. The summed E-state index contributed by atoms with van der Waals surface area (Å²) in [5.41, 5.74) is 0. The summed E-state index contributed by atoms with van der Waals surface area (Å²) in [5.74, 6) is 0. The number of hydrogen-bond acceptors (Lipinski definition) is 5. The van der Waals surface area contributed by atoms with Gasteiger partial charge in [-0.2, -0.15) is 0 Å². The molecule has 0 saturated carbocycles. The Kier molecular flexibility index (Phi) is 6.85. The van der Waals surface area contributed by atoms with E-state index in [1.165, 1.54) is 0 Å². The highest BCUT2D eigenvalue weighted by atomic mass is 32.1. The highest BCUT2D eigenvalue weighted by molar-refractivity contribution is 7.76. The minimum atomic E-state index is -1.92. The molecule has 0 aromatic rings. The summed E-state index contributed by atoms with van der Waals surface area (Å²) in [7, 11) is -5.14. The molecule has 0 aromatic heterocycles. The van der Waals surface area contributed by atoms with Gasteiger partial charge in [0.05, 0.1) is 0 Å². The van der Waals surface area contributed by atoms with Gasteiger partial charge in [-0.1, -0.05) is 0 Å². The van der Waals surface area contributed by atoms with Crippen molar-refractivity contribution in [1.29, 1.82) is 0 Å². The fourth-order valence-corrected chi connectivity index (χ4v) is 6.46. The first-order chi connectivity index (χ1) is 5.06. The molecule has 0 aromatic carbocycles. The van der Waals surface area contributed by atoms with Crippen LogP contribution in [0.4, 0.5) is 0 Å². The molecule has 4 nitrogen and oxygen atoms in total. The van der Waals surface area contributed by atoms with E-state index in [-0.39, 0.29) is 0 Å². The largest absolute Gasteiger partial charge is 0.420 e. The van der Waals surface area contributed by atoms with Crippen molar-refractivity contribution < 1.29 is 16.9 Å². The van der Waals surface area contributed by atoms with Gasteiger partial charge < -0.3 is 16.9 Å². The topological polar surface area (TPSA) is 47.9 Å². The van der Waals surface area contributed by atoms with E-state index in [1.807, 2.05) is 13.1 Å². The molecular formula is C3H14O4SSi3. The Hall–Kier alpha value is 0.841. The van der Waals surface area contributed by atoms with Crippen molar-refractivity contribution in [1.82, 2.24) is 0 Å². The quantitative estimate of drug-likeness (QED) is 0.377. The lowest BCUT2D eigenvalue weighted by atomic mass is 11.9. The summed E-state index contributed by atoms with van der Waals surface area (Å²) >= 11 is 3.63. The normalized spacial score (nSPS) is 19.4. The van der Waals surface area contributed by atoms with Gasteiger partial charge >= 0.3 is 18.6 Å². The van der Waals surface area contributed by atoms with Crippen molar-refractivity contribution in [3.05, 3.63) is 0 Å². The Morgan fingerprint density at radius 2 is 1.64 bits per heavy atom. The molecular weight excluding hydrogens is 216 g/mol. The van der Waals surface area contributed by atoms with E-state index in [0.29, 0.717) is 0 Å². The Morgan fingerprint density at radius 1 is 1.09 bits per heavy atom. The van der Waals surface area contributed by atoms with Crippen molar-refractivity contribution >= 4 is 40.8 Å². The van der Waals surface area contributed by atoms with Crippen LogP contribution in [0.3, 0.4) is 0 Å². The molecule has 3 unspecified atom stereocenters. The van der Waals surface area contributed by atoms with E-state index in [4.69, 9.17) is 16.9 Å². The molecule has 0 fully saturated rings. The molecule has 0 heterocycles. The second kappa shape index (κ2) is 6.37. The van der Waals surface area contributed by atoms with Gasteiger partial charge in [0.1, 0.15) is 0 Å². The van der Waals surface area contributed by atoms with Crippen LogP contribution >= 0.6 is 12.9 Å². The molecule has 0 spiro atoms.